The second-order valence-corrected chi connectivity index (χ2v) is 6.17. The van der Waals surface area contributed by atoms with Gasteiger partial charge in [-0.1, -0.05) is 11.3 Å². The third-order valence-electron chi connectivity index (χ3n) is 3.88. The van der Waals surface area contributed by atoms with Crippen molar-refractivity contribution < 1.29 is 4.79 Å². The lowest BCUT2D eigenvalue weighted by atomic mass is 10.2. The van der Waals surface area contributed by atoms with Crippen LogP contribution in [0.1, 0.15) is 13.3 Å². The van der Waals surface area contributed by atoms with Gasteiger partial charge in [0.15, 0.2) is 0 Å². The number of anilines is 2. The van der Waals surface area contributed by atoms with Crippen molar-refractivity contribution in [2.24, 2.45) is 0 Å². The Labute approximate surface area is 138 Å². The Morgan fingerprint density at radius 3 is 2.83 bits per heavy atom. The number of nitrogens with zero attached hydrogens (tertiary/aromatic N) is 6. The van der Waals surface area contributed by atoms with Gasteiger partial charge in [-0.15, -0.1) is 10.2 Å². The Morgan fingerprint density at radius 1 is 1.26 bits per heavy atom. The van der Waals surface area contributed by atoms with Crippen LogP contribution in [0.3, 0.4) is 0 Å². The molecule has 1 unspecified atom stereocenters. The largest absolute Gasteiger partial charge is 0.339 e. The Bertz CT molecular complexity index is 621. The Kier molecular flexibility index (Phi) is 5.09. The average molecular weight is 333 g/mol. The summed E-state index contributed by atoms with van der Waals surface area (Å²) in [6.07, 6.45) is 4.47. The maximum absolute atomic E-state index is 12.3. The molecule has 9 heteroatoms. The van der Waals surface area contributed by atoms with Crippen molar-refractivity contribution in [2.75, 3.05) is 36.4 Å². The Hall–Kier alpha value is -2.13. The van der Waals surface area contributed by atoms with E-state index in [4.69, 9.17) is 0 Å². The van der Waals surface area contributed by atoms with Crippen molar-refractivity contribution in [3.05, 3.63) is 24.0 Å². The molecule has 1 N–H and O–H groups in total. The summed E-state index contributed by atoms with van der Waals surface area (Å²) in [6.45, 7) is 5.29. The van der Waals surface area contributed by atoms with Crippen LogP contribution in [0.4, 0.5) is 11.1 Å². The summed E-state index contributed by atoms with van der Waals surface area (Å²) in [6, 6.07) is 1.60. The molecule has 0 spiro atoms. The van der Waals surface area contributed by atoms with Crippen LogP contribution in [0, 0.1) is 0 Å². The summed E-state index contributed by atoms with van der Waals surface area (Å²) in [5.74, 6) is 0.700. The van der Waals surface area contributed by atoms with E-state index in [0.29, 0.717) is 5.13 Å². The van der Waals surface area contributed by atoms with Crippen LogP contribution in [0.25, 0.3) is 0 Å². The minimum Gasteiger partial charge on any atom is -0.339 e. The molecule has 0 aromatic carbocycles. The normalized spacial score (nSPS) is 17.5. The first-order valence-corrected chi connectivity index (χ1v) is 8.45. The lowest BCUT2D eigenvalue weighted by Crippen LogP contribution is -2.44. The van der Waals surface area contributed by atoms with E-state index in [2.05, 4.69) is 35.3 Å². The van der Waals surface area contributed by atoms with Crippen LogP contribution in [0.5, 0.6) is 0 Å². The number of nitrogens with one attached hydrogen (secondary N) is 1. The van der Waals surface area contributed by atoms with Crippen LogP contribution < -0.4 is 10.2 Å². The molecule has 2 aromatic heterocycles. The first-order valence-electron chi connectivity index (χ1n) is 7.57. The standard InChI is InChI=1S/C14H19N7OS/c1-11(12(22)18-14-19-17-10-23-14)20-6-3-7-21(9-8-20)13-15-4-2-5-16-13/h2,4-5,10-11H,3,6-9H2,1H3,(H,18,19,22). The zero-order chi connectivity index (χ0) is 16.1. The predicted molar refractivity (Wildman–Crippen MR) is 88.4 cm³/mol. The van der Waals surface area contributed by atoms with Crippen molar-refractivity contribution in [1.82, 2.24) is 25.1 Å². The molecule has 8 nitrogen and oxygen atoms in total. The smallest absolute Gasteiger partial charge is 0.243 e. The van der Waals surface area contributed by atoms with E-state index in [-0.39, 0.29) is 11.9 Å². The minimum atomic E-state index is -0.212. The van der Waals surface area contributed by atoms with Gasteiger partial charge in [0, 0.05) is 38.6 Å². The molecule has 0 aliphatic carbocycles. The van der Waals surface area contributed by atoms with Crippen molar-refractivity contribution in [3.8, 4) is 0 Å². The fourth-order valence-corrected chi connectivity index (χ4v) is 3.03. The van der Waals surface area contributed by atoms with E-state index in [1.807, 2.05) is 13.0 Å². The number of hydrogen-bond donors (Lipinski definition) is 1. The molecule has 3 rings (SSSR count). The molecule has 1 saturated heterocycles. The van der Waals surface area contributed by atoms with Crippen molar-refractivity contribution >= 4 is 28.3 Å². The van der Waals surface area contributed by atoms with Gasteiger partial charge in [0.05, 0.1) is 6.04 Å². The molecule has 1 aliphatic rings. The van der Waals surface area contributed by atoms with Crippen LogP contribution in [0.15, 0.2) is 24.0 Å². The molecule has 23 heavy (non-hydrogen) atoms. The van der Waals surface area contributed by atoms with Gasteiger partial charge < -0.3 is 4.90 Å². The first-order chi connectivity index (χ1) is 11.2. The summed E-state index contributed by atoms with van der Waals surface area (Å²) in [5.41, 5.74) is 1.60. The Morgan fingerprint density at radius 2 is 2.09 bits per heavy atom. The van der Waals surface area contributed by atoms with Crippen LogP contribution in [-0.2, 0) is 4.79 Å². The molecule has 0 radical (unpaired) electrons. The van der Waals surface area contributed by atoms with Gasteiger partial charge in [0.1, 0.15) is 5.51 Å². The lowest BCUT2D eigenvalue weighted by Gasteiger charge is -2.26. The van der Waals surface area contributed by atoms with Crippen molar-refractivity contribution in [2.45, 2.75) is 19.4 Å². The number of hydrogen-bond acceptors (Lipinski definition) is 8. The molecule has 1 fully saturated rings. The highest BCUT2D eigenvalue weighted by Crippen LogP contribution is 2.14. The molecule has 1 aliphatic heterocycles. The third kappa shape index (κ3) is 3.99. The highest BCUT2D eigenvalue weighted by Gasteiger charge is 2.25. The van der Waals surface area contributed by atoms with Gasteiger partial charge in [-0.3, -0.25) is 15.0 Å². The predicted octanol–water partition coefficient (Wildman–Crippen LogP) is 0.867. The van der Waals surface area contributed by atoms with E-state index in [0.717, 1.165) is 38.5 Å². The quantitative estimate of drug-likeness (QED) is 0.888. The van der Waals surface area contributed by atoms with Gasteiger partial charge in [0.2, 0.25) is 17.0 Å². The van der Waals surface area contributed by atoms with Crippen molar-refractivity contribution in [1.29, 1.82) is 0 Å². The van der Waals surface area contributed by atoms with Crippen LogP contribution in [0.2, 0.25) is 0 Å². The SMILES string of the molecule is CC(C(=O)Nc1nncs1)N1CCCN(c2ncccn2)CC1. The van der Waals surface area contributed by atoms with E-state index in [1.54, 1.807) is 17.9 Å². The molecule has 2 aromatic rings. The number of rotatable bonds is 4. The van der Waals surface area contributed by atoms with Gasteiger partial charge in [0.25, 0.3) is 0 Å². The molecule has 1 atom stereocenters. The summed E-state index contributed by atoms with van der Waals surface area (Å²) < 4.78 is 0. The van der Waals surface area contributed by atoms with E-state index >= 15 is 0 Å². The molecular formula is C14H19N7OS. The summed E-state index contributed by atoms with van der Waals surface area (Å²) in [7, 11) is 0. The zero-order valence-electron chi connectivity index (χ0n) is 12.9. The van der Waals surface area contributed by atoms with E-state index < -0.39 is 0 Å². The first kappa shape index (κ1) is 15.8. The zero-order valence-corrected chi connectivity index (χ0v) is 13.7. The fourth-order valence-electron chi connectivity index (χ4n) is 2.58. The van der Waals surface area contributed by atoms with Gasteiger partial charge in [-0.25, -0.2) is 9.97 Å². The van der Waals surface area contributed by atoms with Crippen LogP contribution >= 0.6 is 11.3 Å². The average Bonchev–Trinajstić information content (AvgIpc) is 2.96. The molecule has 0 saturated carbocycles. The lowest BCUT2D eigenvalue weighted by molar-refractivity contribution is -0.120. The second-order valence-electron chi connectivity index (χ2n) is 5.33. The molecule has 122 valence electrons. The maximum Gasteiger partial charge on any atom is 0.243 e. The number of carbonyl (C=O) groups excluding carboxylic acids is 1. The highest BCUT2D eigenvalue weighted by atomic mass is 32.1. The number of amides is 1. The summed E-state index contributed by atoms with van der Waals surface area (Å²) in [5, 5.41) is 10.9. The van der Waals surface area contributed by atoms with Gasteiger partial charge in [-0.2, -0.15) is 0 Å². The fraction of sp³-hybridized carbons (Fsp3) is 0.500. The highest BCUT2D eigenvalue weighted by molar-refractivity contribution is 7.13. The monoisotopic (exact) mass is 333 g/mol. The maximum atomic E-state index is 12.3. The number of aromatic nitrogens is 4. The molecule has 1 amide bonds. The molecule has 0 bridgehead atoms. The summed E-state index contributed by atoms with van der Waals surface area (Å²) >= 11 is 1.32. The summed E-state index contributed by atoms with van der Waals surface area (Å²) in [4.78, 5) is 25.3. The van der Waals surface area contributed by atoms with Gasteiger partial charge >= 0.3 is 0 Å². The van der Waals surface area contributed by atoms with E-state index in [9.17, 15) is 4.79 Å². The van der Waals surface area contributed by atoms with E-state index in [1.165, 1.54) is 11.3 Å². The van der Waals surface area contributed by atoms with Crippen molar-refractivity contribution in [3.63, 3.8) is 0 Å². The second kappa shape index (κ2) is 7.42. The Balaban J connectivity index is 1.58. The van der Waals surface area contributed by atoms with Crippen LogP contribution in [-0.4, -0.2) is 63.2 Å². The minimum absolute atomic E-state index is 0.0499. The number of carbonyl (C=O) groups is 1. The molecular weight excluding hydrogens is 314 g/mol. The van der Waals surface area contributed by atoms with Gasteiger partial charge in [-0.05, 0) is 19.4 Å². The molecule has 3 heterocycles. The topological polar surface area (TPSA) is 87.1 Å². The third-order valence-corrected chi connectivity index (χ3v) is 4.49.